The fourth-order valence-electron chi connectivity index (χ4n) is 1.16. The highest BCUT2D eigenvalue weighted by Crippen LogP contribution is 2.12. The van der Waals surface area contributed by atoms with E-state index in [1.54, 1.807) is 13.2 Å². The molecule has 0 aromatic carbocycles. The Labute approximate surface area is 96.0 Å². The predicted octanol–water partition coefficient (Wildman–Crippen LogP) is 1.63. The van der Waals surface area contributed by atoms with Crippen molar-refractivity contribution in [1.82, 2.24) is 9.97 Å². The van der Waals surface area contributed by atoms with Gasteiger partial charge < -0.3 is 15.2 Å². The van der Waals surface area contributed by atoms with Gasteiger partial charge in [0.2, 0.25) is 5.88 Å². The molecule has 1 aromatic rings. The summed E-state index contributed by atoms with van der Waals surface area (Å²) in [5.41, 5.74) is 5.63. The molecule has 0 aliphatic rings. The van der Waals surface area contributed by atoms with Crippen LogP contribution in [0.1, 0.15) is 26.1 Å². The molecule has 0 saturated carbocycles. The first kappa shape index (κ1) is 12.7. The zero-order chi connectivity index (χ0) is 12.0. The third-order valence-corrected chi connectivity index (χ3v) is 1.99. The second kappa shape index (κ2) is 6.27. The number of nitrogens with two attached hydrogens (primary N) is 1. The van der Waals surface area contributed by atoms with Crippen LogP contribution in [0.4, 0.5) is 5.82 Å². The summed E-state index contributed by atoms with van der Waals surface area (Å²) in [6.45, 7) is 5.27. The number of hydrogen-bond donors (Lipinski definition) is 1. The van der Waals surface area contributed by atoms with Crippen molar-refractivity contribution < 1.29 is 9.47 Å². The number of hydrogen-bond acceptors (Lipinski definition) is 5. The number of ether oxygens (including phenoxy) is 2. The number of nitrogens with zero attached hydrogens (tertiary/aromatic N) is 2. The molecular formula is C11H19N3O2. The van der Waals surface area contributed by atoms with Gasteiger partial charge in [0, 0.05) is 13.2 Å². The molecule has 0 unspecified atom stereocenters. The van der Waals surface area contributed by atoms with Crippen LogP contribution >= 0.6 is 0 Å². The smallest absolute Gasteiger partial charge is 0.218 e. The van der Waals surface area contributed by atoms with E-state index in [2.05, 4.69) is 23.8 Å². The van der Waals surface area contributed by atoms with Crippen molar-refractivity contribution in [3.8, 4) is 5.88 Å². The first-order valence-corrected chi connectivity index (χ1v) is 5.37. The lowest BCUT2D eigenvalue weighted by molar-refractivity contribution is 0.176. The number of aromatic nitrogens is 2. The summed E-state index contributed by atoms with van der Waals surface area (Å²) in [5.74, 6) is 2.07. The second-order valence-electron chi connectivity index (χ2n) is 4.01. The average molecular weight is 225 g/mol. The van der Waals surface area contributed by atoms with Crippen LogP contribution in [-0.4, -0.2) is 23.7 Å². The quantitative estimate of drug-likeness (QED) is 0.796. The molecule has 1 aromatic heterocycles. The number of rotatable bonds is 6. The van der Waals surface area contributed by atoms with Crippen molar-refractivity contribution >= 4 is 5.82 Å². The third kappa shape index (κ3) is 4.44. The van der Waals surface area contributed by atoms with E-state index >= 15 is 0 Å². The molecule has 2 N–H and O–H groups in total. The zero-order valence-corrected chi connectivity index (χ0v) is 10.1. The number of nitrogen functional groups attached to an aromatic ring is 1. The van der Waals surface area contributed by atoms with Crippen LogP contribution in [0.25, 0.3) is 0 Å². The average Bonchev–Trinajstić information content (AvgIpc) is 2.16. The monoisotopic (exact) mass is 225 g/mol. The Kier molecular flexibility index (Phi) is 4.98. The Morgan fingerprint density at radius 1 is 1.38 bits per heavy atom. The molecule has 0 atom stereocenters. The van der Waals surface area contributed by atoms with Crippen molar-refractivity contribution in [3.05, 3.63) is 11.9 Å². The van der Waals surface area contributed by atoms with Crippen molar-refractivity contribution in [2.45, 2.75) is 26.9 Å². The van der Waals surface area contributed by atoms with E-state index in [1.807, 2.05) is 0 Å². The second-order valence-corrected chi connectivity index (χ2v) is 4.01. The van der Waals surface area contributed by atoms with Crippen LogP contribution in [-0.2, 0) is 11.3 Å². The van der Waals surface area contributed by atoms with Crippen LogP contribution in [0, 0.1) is 5.92 Å². The lowest BCUT2D eigenvalue weighted by Gasteiger charge is -2.08. The Hall–Kier alpha value is -1.36. The van der Waals surface area contributed by atoms with Gasteiger partial charge in [-0.1, -0.05) is 13.8 Å². The molecule has 0 bridgehead atoms. The molecule has 1 heterocycles. The van der Waals surface area contributed by atoms with Crippen LogP contribution in [0.15, 0.2) is 6.07 Å². The van der Waals surface area contributed by atoms with Crippen LogP contribution in [0.2, 0.25) is 0 Å². The van der Waals surface area contributed by atoms with Gasteiger partial charge in [0.15, 0.2) is 5.82 Å². The van der Waals surface area contributed by atoms with E-state index in [0.717, 1.165) is 6.42 Å². The van der Waals surface area contributed by atoms with Gasteiger partial charge in [-0.25, -0.2) is 4.98 Å². The van der Waals surface area contributed by atoms with Gasteiger partial charge in [-0.2, -0.15) is 4.98 Å². The fourth-order valence-corrected chi connectivity index (χ4v) is 1.16. The SMILES string of the molecule is COCc1nc(N)cc(OCCC(C)C)n1. The molecule has 0 fully saturated rings. The predicted molar refractivity (Wildman–Crippen MR) is 62.1 cm³/mol. The topological polar surface area (TPSA) is 70.3 Å². The van der Waals surface area contributed by atoms with Gasteiger partial charge in [-0.15, -0.1) is 0 Å². The van der Waals surface area contributed by atoms with Gasteiger partial charge in [-0.05, 0) is 12.3 Å². The minimum Gasteiger partial charge on any atom is -0.478 e. The van der Waals surface area contributed by atoms with Gasteiger partial charge in [0.25, 0.3) is 0 Å². The Morgan fingerprint density at radius 2 is 2.12 bits per heavy atom. The summed E-state index contributed by atoms with van der Waals surface area (Å²) < 4.78 is 10.4. The molecule has 0 aliphatic heterocycles. The minimum atomic E-state index is 0.339. The molecule has 5 heteroatoms. The van der Waals surface area contributed by atoms with E-state index in [9.17, 15) is 0 Å². The molecule has 0 spiro atoms. The zero-order valence-electron chi connectivity index (χ0n) is 10.1. The standard InChI is InChI=1S/C11H19N3O2/c1-8(2)4-5-16-11-6-9(12)13-10(14-11)7-15-3/h6,8H,4-5,7H2,1-3H3,(H2,12,13,14). The Bertz CT molecular complexity index is 329. The van der Waals surface area contributed by atoms with Crippen molar-refractivity contribution in [2.24, 2.45) is 5.92 Å². The number of methoxy groups -OCH3 is 1. The Morgan fingerprint density at radius 3 is 2.75 bits per heavy atom. The molecule has 5 nitrogen and oxygen atoms in total. The van der Waals surface area contributed by atoms with Crippen molar-refractivity contribution in [1.29, 1.82) is 0 Å². The molecular weight excluding hydrogens is 206 g/mol. The van der Waals surface area contributed by atoms with E-state index in [1.165, 1.54) is 0 Å². The normalized spacial score (nSPS) is 10.8. The van der Waals surface area contributed by atoms with E-state index in [0.29, 0.717) is 36.7 Å². The van der Waals surface area contributed by atoms with Crippen molar-refractivity contribution in [2.75, 3.05) is 19.5 Å². The minimum absolute atomic E-state index is 0.339. The maximum absolute atomic E-state index is 5.63. The Balaban J connectivity index is 2.58. The number of anilines is 1. The molecule has 0 aliphatic carbocycles. The summed E-state index contributed by atoms with van der Waals surface area (Å²) in [5, 5.41) is 0. The largest absolute Gasteiger partial charge is 0.478 e. The molecule has 1 rings (SSSR count). The summed E-state index contributed by atoms with van der Waals surface area (Å²) in [4.78, 5) is 8.21. The van der Waals surface area contributed by atoms with E-state index in [4.69, 9.17) is 15.2 Å². The van der Waals surface area contributed by atoms with Gasteiger partial charge >= 0.3 is 0 Å². The lowest BCUT2D eigenvalue weighted by atomic mass is 10.1. The van der Waals surface area contributed by atoms with Gasteiger partial charge in [0.05, 0.1) is 6.61 Å². The summed E-state index contributed by atoms with van der Waals surface area (Å²) in [7, 11) is 1.59. The van der Waals surface area contributed by atoms with Crippen LogP contribution in [0.3, 0.4) is 0 Å². The molecule has 0 saturated heterocycles. The molecule has 16 heavy (non-hydrogen) atoms. The first-order chi connectivity index (χ1) is 7.61. The van der Waals surface area contributed by atoms with E-state index in [-0.39, 0.29) is 0 Å². The molecule has 90 valence electrons. The highest BCUT2D eigenvalue weighted by molar-refractivity contribution is 5.32. The maximum Gasteiger partial charge on any atom is 0.218 e. The van der Waals surface area contributed by atoms with Crippen LogP contribution < -0.4 is 10.5 Å². The maximum atomic E-state index is 5.63. The van der Waals surface area contributed by atoms with Gasteiger partial charge in [0.1, 0.15) is 12.4 Å². The first-order valence-electron chi connectivity index (χ1n) is 5.37. The van der Waals surface area contributed by atoms with E-state index < -0.39 is 0 Å². The lowest BCUT2D eigenvalue weighted by Crippen LogP contribution is -2.07. The van der Waals surface area contributed by atoms with Crippen molar-refractivity contribution in [3.63, 3.8) is 0 Å². The third-order valence-electron chi connectivity index (χ3n) is 1.99. The summed E-state index contributed by atoms with van der Waals surface area (Å²) >= 11 is 0. The summed E-state index contributed by atoms with van der Waals surface area (Å²) in [6.07, 6.45) is 0.990. The highest BCUT2D eigenvalue weighted by Gasteiger charge is 2.04. The molecule has 0 radical (unpaired) electrons. The van der Waals surface area contributed by atoms with Gasteiger partial charge in [-0.3, -0.25) is 0 Å². The van der Waals surface area contributed by atoms with Crippen LogP contribution in [0.5, 0.6) is 5.88 Å². The highest BCUT2D eigenvalue weighted by atomic mass is 16.5. The molecule has 0 amide bonds. The summed E-state index contributed by atoms with van der Waals surface area (Å²) in [6, 6.07) is 1.62. The fraction of sp³-hybridized carbons (Fsp3) is 0.636.